The van der Waals surface area contributed by atoms with E-state index in [4.69, 9.17) is 5.26 Å². The zero-order valence-electron chi connectivity index (χ0n) is 7.38. The number of hydrogen-bond acceptors (Lipinski definition) is 2. The van der Waals surface area contributed by atoms with Crippen molar-refractivity contribution in [3.05, 3.63) is 0 Å². The first-order valence-corrected chi connectivity index (χ1v) is 4.31. The number of hydrogen-bond donors (Lipinski definition) is 0. The van der Waals surface area contributed by atoms with Gasteiger partial charge >= 0.3 is 0 Å². The Kier molecular flexibility index (Phi) is 2.90. The van der Waals surface area contributed by atoms with Crippen LogP contribution in [0.15, 0.2) is 0 Å². The molecule has 0 N–H and O–H groups in total. The number of nitrogens with zero attached hydrogens (tertiary/aromatic N) is 2. The van der Waals surface area contributed by atoms with Crippen molar-refractivity contribution < 1.29 is 0 Å². The average molecular weight is 152 g/mol. The lowest BCUT2D eigenvalue weighted by atomic mass is 10.2. The van der Waals surface area contributed by atoms with E-state index in [9.17, 15) is 0 Å². The Hall–Kier alpha value is -0.550. The Morgan fingerprint density at radius 2 is 2.27 bits per heavy atom. The van der Waals surface area contributed by atoms with Crippen LogP contribution >= 0.6 is 0 Å². The Morgan fingerprint density at radius 1 is 1.64 bits per heavy atom. The van der Waals surface area contributed by atoms with E-state index in [-0.39, 0.29) is 0 Å². The number of nitriles is 1. The molecule has 0 aromatic carbocycles. The van der Waals surface area contributed by atoms with Gasteiger partial charge in [-0.15, -0.1) is 0 Å². The summed E-state index contributed by atoms with van der Waals surface area (Å²) in [5.74, 6) is 0.932. The summed E-state index contributed by atoms with van der Waals surface area (Å²) in [7, 11) is 2.11. The molecule has 1 saturated carbocycles. The third-order valence-corrected chi connectivity index (χ3v) is 2.38. The molecule has 1 aliphatic rings. The summed E-state index contributed by atoms with van der Waals surface area (Å²) in [5, 5.41) is 8.46. The standard InChI is InChI=1S/C9H16N2/c1-8(5-6-10)11(2)7-9-3-4-9/h8-9H,3-5,7H2,1-2H3. The van der Waals surface area contributed by atoms with Crippen molar-refractivity contribution in [1.82, 2.24) is 4.90 Å². The average Bonchev–Trinajstić information content (AvgIpc) is 2.72. The first kappa shape index (κ1) is 8.55. The quantitative estimate of drug-likeness (QED) is 0.612. The SMILES string of the molecule is CC(CC#N)N(C)CC1CC1. The van der Waals surface area contributed by atoms with Crippen molar-refractivity contribution in [2.75, 3.05) is 13.6 Å². The fourth-order valence-electron chi connectivity index (χ4n) is 1.18. The smallest absolute Gasteiger partial charge is 0.0638 e. The molecular formula is C9H16N2. The normalized spacial score (nSPS) is 19.8. The van der Waals surface area contributed by atoms with Gasteiger partial charge in [0.1, 0.15) is 0 Å². The van der Waals surface area contributed by atoms with Gasteiger partial charge in [0.15, 0.2) is 0 Å². The molecule has 0 bridgehead atoms. The highest BCUT2D eigenvalue weighted by Gasteiger charge is 2.24. The van der Waals surface area contributed by atoms with Crippen molar-refractivity contribution in [1.29, 1.82) is 5.26 Å². The molecule has 1 atom stereocenters. The van der Waals surface area contributed by atoms with Crippen molar-refractivity contribution >= 4 is 0 Å². The minimum absolute atomic E-state index is 0.431. The van der Waals surface area contributed by atoms with Crippen molar-refractivity contribution in [3.8, 4) is 6.07 Å². The van der Waals surface area contributed by atoms with E-state index in [0.29, 0.717) is 12.5 Å². The van der Waals surface area contributed by atoms with Crippen molar-refractivity contribution in [3.63, 3.8) is 0 Å². The van der Waals surface area contributed by atoms with Crippen LogP contribution in [0.25, 0.3) is 0 Å². The van der Waals surface area contributed by atoms with Crippen LogP contribution in [0.1, 0.15) is 26.2 Å². The summed E-state index contributed by atoms with van der Waals surface area (Å²) >= 11 is 0. The van der Waals surface area contributed by atoms with Gasteiger partial charge < -0.3 is 4.90 Å². The highest BCUT2D eigenvalue weighted by Crippen LogP contribution is 2.29. The Morgan fingerprint density at radius 3 is 2.73 bits per heavy atom. The number of rotatable bonds is 4. The summed E-state index contributed by atoms with van der Waals surface area (Å²) in [6.45, 7) is 3.30. The lowest BCUT2D eigenvalue weighted by molar-refractivity contribution is 0.250. The fraction of sp³-hybridized carbons (Fsp3) is 0.889. The molecule has 0 amide bonds. The predicted octanol–water partition coefficient (Wildman–Crippen LogP) is 1.63. The molecular weight excluding hydrogens is 136 g/mol. The summed E-state index contributed by atoms with van der Waals surface area (Å²) in [5.41, 5.74) is 0. The molecule has 0 spiro atoms. The van der Waals surface area contributed by atoms with Gasteiger partial charge in [-0.25, -0.2) is 0 Å². The first-order valence-electron chi connectivity index (χ1n) is 4.31. The van der Waals surface area contributed by atoms with Gasteiger partial charge in [-0.1, -0.05) is 0 Å². The molecule has 1 aliphatic carbocycles. The highest BCUT2D eigenvalue weighted by molar-refractivity contribution is 4.82. The minimum Gasteiger partial charge on any atom is -0.302 e. The van der Waals surface area contributed by atoms with E-state index in [1.807, 2.05) is 0 Å². The molecule has 1 rings (SSSR count). The van der Waals surface area contributed by atoms with Crippen LogP contribution in [0, 0.1) is 17.2 Å². The molecule has 62 valence electrons. The zero-order valence-corrected chi connectivity index (χ0v) is 7.38. The molecule has 11 heavy (non-hydrogen) atoms. The van der Waals surface area contributed by atoms with E-state index >= 15 is 0 Å². The van der Waals surface area contributed by atoms with Gasteiger partial charge in [0.25, 0.3) is 0 Å². The van der Waals surface area contributed by atoms with E-state index in [2.05, 4.69) is 24.9 Å². The summed E-state index contributed by atoms with van der Waals surface area (Å²) < 4.78 is 0. The molecule has 1 unspecified atom stereocenters. The molecule has 0 radical (unpaired) electrons. The van der Waals surface area contributed by atoms with Crippen molar-refractivity contribution in [2.24, 2.45) is 5.92 Å². The maximum atomic E-state index is 8.46. The maximum absolute atomic E-state index is 8.46. The second-order valence-electron chi connectivity index (χ2n) is 3.59. The van der Waals surface area contributed by atoms with Gasteiger partial charge in [-0.05, 0) is 32.7 Å². The van der Waals surface area contributed by atoms with Gasteiger partial charge in [-0.3, -0.25) is 0 Å². The monoisotopic (exact) mass is 152 g/mol. The maximum Gasteiger partial charge on any atom is 0.0638 e. The van der Waals surface area contributed by atoms with Crippen LogP contribution in [0.5, 0.6) is 0 Å². The van der Waals surface area contributed by atoms with Crippen LogP contribution in [-0.4, -0.2) is 24.5 Å². The Labute approximate surface area is 68.8 Å². The van der Waals surface area contributed by atoms with Crippen LogP contribution in [0.2, 0.25) is 0 Å². The van der Waals surface area contributed by atoms with E-state index in [1.54, 1.807) is 0 Å². The third-order valence-electron chi connectivity index (χ3n) is 2.38. The lowest BCUT2D eigenvalue weighted by Gasteiger charge is -2.21. The predicted molar refractivity (Wildman–Crippen MR) is 45.0 cm³/mol. The van der Waals surface area contributed by atoms with Gasteiger partial charge in [0.05, 0.1) is 12.5 Å². The molecule has 0 saturated heterocycles. The van der Waals surface area contributed by atoms with Gasteiger partial charge in [-0.2, -0.15) is 5.26 Å². The van der Waals surface area contributed by atoms with E-state index in [0.717, 1.165) is 5.92 Å². The summed E-state index contributed by atoms with van der Waals surface area (Å²) in [6, 6.07) is 2.63. The van der Waals surface area contributed by atoms with Gasteiger partial charge in [0, 0.05) is 12.6 Å². The van der Waals surface area contributed by atoms with Crippen LogP contribution in [-0.2, 0) is 0 Å². The van der Waals surface area contributed by atoms with Gasteiger partial charge in [0.2, 0.25) is 0 Å². The Bertz CT molecular complexity index is 155. The molecule has 0 aromatic rings. The molecule has 2 nitrogen and oxygen atoms in total. The molecule has 0 aliphatic heterocycles. The lowest BCUT2D eigenvalue weighted by Crippen LogP contribution is -2.30. The highest BCUT2D eigenvalue weighted by atomic mass is 15.1. The fourth-order valence-corrected chi connectivity index (χ4v) is 1.18. The van der Waals surface area contributed by atoms with E-state index in [1.165, 1.54) is 19.4 Å². The molecule has 2 heteroatoms. The molecule has 0 aromatic heterocycles. The van der Waals surface area contributed by atoms with Crippen molar-refractivity contribution in [2.45, 2.75) is 32.2 Å². The van der Waals surface area contributed by atoms with Crippen LogP contribution in [0.4, 0.5) is 0 Å². The minimum atomic E-state index is 0.431. The van der Waals surface area contributed by atoms with Crippen LogP contribution in [0.3, 0.4) is 0 Å². The topological polar surface area (TPSA) is 27.0 Å². The zero-order chi connectivity index (χ0) is 8.27. The largest absolute Gasteiger partial charge is 0.302 e. The molecule has 1 fully saturated rings. The second kappa shape index (κ2) is 3.73. The van der Waals surface area contributed by atoms with E-state index < -0.39 is 0 Å². The summed E-state index contributed by atoms with van der Waals surface area (Å²) in [4.78, 5) is 2.29. The second-order valence-corrected chi connectivity index (χ2v) is 3.59. The molecule has 0 heterocycles. The third kappa shape index (κ3) is 2.90. The van der Waals surface area contributed by atoms with Crippen LogP contribution < -0.4 is 0 Å². The Balaban J connectivity index is 2.16. The first-order chi connectivity index (χ1) is 5.24. The summed E-state index contributed by atoms with van der Waals surface area (Å²) in [6.07, 6.45) is 3.44.